The summed E-state index contributed by atoms with van der Waals surface area (Å²) in [5.41, 5.74) is 5.54. The van der Waals surface area contributed by atoms with Crippen LogP contribution in [0.25, 0.3) is 10.1 Å². The fourth-order valence-electron chi connectivity index (χ4n) is 1.03. The maximum atomic E-state index is 12.6. The van der Waals surface area contributed by atoms with Gasteiger partial charge in [0.25, 0.3) is 0 Å². The quantitative estimate of drug-likeness (QED) is 0.700. The summed E-state index contributed by atoms with van der Waals surface area (Å²) in [7, 11) is 0. The van der Waals surface area contributed by atoms with E-state index in [-0.39, 0.29) is 18.2 Å². The minimum atomic E-state index is -0.213. The van der Waals surface area contributed by atoms with Gasteiger partial charge in [0.1, 0.15) is 5.82 Å². The zero-order chi connectivity index (χ0) is 7.84. The van der Waals surface area contributed by atoms with E-state index in [0.717, 1.165) is 15.1 Å². The van der Waals surface area contributed by atoms with Gasteiger partial charge < -0.3 is 5.73 Å². The van der Waals surface area contributed by atoms with Crippen LogP contribution in [0.4, 0.5) is 9.39 Å². The highest BCUT2D eigenvalue weighted by atomic mass is 35.5. The van der Waals surface area contributed by atoms with Crippen LogP contribution in [0, 0.1) is 5.82 Å². The second-order valence-corrected chi connectivity index (χ2v) is 3.45. The number of rotatable bonds is 0. The molecule has 0 fully saturated rings. The van der Waals surface area contributed by atoms with Gasteiger partial charge in [-0.3, -0.25) is 0 Å². The summed E-state index contributed by atoms with van der Waals surface area (Å²) in [6.07, 6.45) is 0. The van der Waals surface area contributed by atoms with Gasteiger partial charge in [-0.2, -0.15) is 0 Å². The van der Waals surface area contributed by atoms with E-state index in [2.05, 4.69) is 0 Å². The summed E-state index contributed by atoms with van der Waals surface area (Å²) < 4.78 is 13.6. The number of halogens is 2. The van der Waals surface area contributed by atoms with Gasteiger partial charge in [-0.15, -0.1) is 23.7 Å². The van der Waals surface area contributed by atoms with Gasteiger partial charge in [0.2, 0.25) is 0 Å². The fourth-order valence-corrected chi connectivity index (χ4v) is 1.85. The predicted octanol–water partition coefficient (Wildman–Crippen LogP) is 3.04. The molecule has 0 bridgehead atoms. The summed E-state index contributed by atoms with van der Waals surface area (Å²) in [5, 5.41) is 1.61. The van der Waals surface area contributed by atoms with Crippen LogP contribution in [0.2, 0.25) is 0 Å². The fraction of sp³-hybridized carbons (Fsp3) is 0. The smallest absolute Gasteiger partial charge is 0.123 e. The van der Waals surface area contributed by atoms with Crippen molar-refractivity contribution in [2.75, 3.05) is 5.73 Å². The summed E-state index contributed by atoms with van der Waals surface area (Å²) in [6, 6.07) is 6.45. The molecular weight excluding hydrogens is 197 g/mol. The molecule has 0 saturated heterocycles. The molecule has 64 valence electrons. The van der Waals surface area contributed by atoms with E-state index >= 15 is 0 Å². The van der Waals surface area contributed by atoms with Crippen LogP contribution in [0.15, 0.2) is 24.3 Å². The lowest BCUT2D eigenvalue weighted by atomic mass is 10.2. The standard InChI is InChI=1S/C8H6FNS.ClH/c9-6-1-2-7-5(3-6)4-8(10)11-7;/h1-4H,10H2;1H. The molecular formula is C8H7ClFNS. The Morgan fingerprint density at radius 3 is 2.75 bits per heavy atom. The average Bonchev–Trinajstić information content (AvgIpc) is 2.27. The number of anilines is 1. The van der Waals surface area contributed by atoms with Gasteiger partial charge in [-0.25, -0.2) is 4.39 Å². The van der Waals surface area contributed by atoms with E-state index in [4.69, 9.17) is 5.73 Å². The number of hydrogen-bond acceptors (Lipinski definition) is 2. The SMILES string of the molecule is Cl.Nc1cc2cc(F)ccc2s1. The summed E-state index contributed by atoms with van der Waals surface area (Å²) in [6.45, 7) is 0. The van der Waals surface area contributed by atoms with Gasteiger partial charge in [-0.05, 0) is 29.7 Å². The Bertz CT molecular complexity index is 399. The molecule has 0 amide bonds. The molecule has 0 spiro atoms. The average molecular weight is 204 g/mol. The number of nitrogen functional groups attached to an aromatic ring is 1. The lowest BCUT2D eigenvalue weighted by Gasteiger charge is -1.86. The Morgan fingerprint density at radius 1 is 1.25 bits per heavy atom. The molecule has 1 aromatic carbocycles. The van der Waals surface area contributed by atoms with Gasteiger partial charge in [0.15, 0.2) is 0 Å². The maximum absolute atomic E-state index is 12.6. The Morgan fingerprint density at radius 2 is 2.00 bits per heavy atom. The minimum absolute atomic E-state index is 0. The first-order valence-electron chi connectivity index (χ1n) is 3.20. The van der Waals surface area contributed by atoms with Crippen LogP contribution in [-0.2, 0) is 0 Å². The van der Waals surface area contributed by atoms with Crippen LogP contribution in [0.5, 0.6) is 0 Å². The summed E-state index contributed by atoms with van der Waals surface area (Å²) in [5.74, 6) is -0.213. The van der Waals surface area contributed by atoms with Crippen molar-refractivity contribution >= 4 is 38.8 Å². The van der Waals surface area contributed by atoms with Crippen molar-refractivity contribution < 1.29 is 4.39 Å². The van der Waals surface area contributed by atoms with Crippen LogP contribution in [0.1, 0.15) is 0 Å². The molecule has 1 heterocycles. The molecule has 2 N–H and O–H groups in total. The number of thiophene rings is 1. The first-order chi connectivity index (χ1) is 5.25. The molecule has 4 heteroatoms. The van der Waals surface area contributed by atoms with Gasteiger partial charge in [0, 0.05) is 4.70 Å². The lowest BCUT2D eigenvalue weighted by Crippen LogP contribution is -1.73. The molecule has 0 aliphatic heterocycles. The molecule has 0 atom stereocenters. The van der Waals surface area contributed by atoms with E-state index in [0.29, 0.717) is 0 Å². The second kappa shape index (κ2) is 3.29. The maximum Gasteiger partial charge on any atom is 0.123 e. The zero-order valence-corrected chi connectivity index (χ0v) is 7.71. The monoisotopic (exact) mass is 203 g/mol. The van der Waals surface area contributed by atoms with Crippen molar-refractivity contribution in [1.82, 2.24) is 0 Å². The lowest BCUT2D eigenvalue weighted by molar-refractivity contribution is 0.630. The molecule has 2 aromatic rings. The largest absolute Gasteiger partial charge is 0.391 e. The van der Waals surface area contributed by atoms with E-state index in [1.807, 2.05) is 0 Å². The van der Waals surface area contributed by atoms with Crippen molar-refractivity contribution in [3.8, 4) is 0 Å². The minimum Gasteiger partial charge on any atom is -0.391 e. The molecule has 1 nitrogen and oxygen atoms in total. The third-order valence-corrected chi connectivity index (χ3v) is 2.44. The van der Waals surface area contributed by atoms with Gasteiger partial charge in [0.05, 0.1) is 5.00 Å². The highest BCUT2D eigenvalue weighted by Gasteiger charge is 1.98. The van der Waals surface area contributed by atoms with Crippen molar-refractivity contribution in [3.63, 3.8) is 0 Å². The molecule has 12 heavy (non-hydrogen) atoms. The van der Waals surface area contributed by atoms with E-state index in [9.17, 15) is 4.39 Å². The van der Waals surface area contributed by atoms with E-state index in [1.54, 1.807) is 12.1 Å². The number of fused-ring (bicyclic) bond motifs is 1. The Kier molecular flexibility index (Phi) is 2.55. The molecule has 0 aliphatic rings. The third kappa shape index (κ3) is 1.52. The predicted molar refractivity (Wildman–Crippen MR) is 53.4 cm³/mol. The zero-order valence-electron chi connectivity index (χ0n) is 6.08. The number of nitrogens with two attached hydrogens (primary N) is 1. The molecule has 0 unspecified atom stereocenters. The molecule has 1 aromatic heterocycles. The Hall–Kier alpha value is -0.800. The van der Waals surface area contributed by atoms with Crippen molar-refractivity contribution in [2.24, 2.45) is 0 Å². The van der Waals surface area contributed by atoms with Crippen LogP contribution >= 0.6 is 23.7 Å². The van der Waals surface area contributed by atoms with E-state index < -0.39 is 0 Å². The molecule has 0 radical (unpaired) electrons. The normalized spacial score (nSPS) is 9.75. The Labute approximate surface area is 79.4 Å². The highest BCUT2D eigenvalue weighted by Crippen LogP contribution is 2.27. The second-order valence-electron chi connectivity index (χ2n) is 2.33. The topological polar surface area (TPSA) is 26.0 Å². The third-order valence-electron chi connectivity index (χ3n) is 1.50. The summed E-state index contributed by atoms with van der Waals surface area (Å²) >= 11 is 1.47. The number of hydrogen-bond donors (Lipinski definition) is 1. The van der Waals surface area contributed by atoms with Crippen molar-refractivity contribution in [3.05, 3.63) is 30.1 Å². The molecule has 0 aliphatic carbocycles. The molecule has 2 rings (SSSR count). The van der Waals surface area contributed by atoms with Crippen LogP contribution in [-0.4, -0.2) is 0 Å². The van der Waals surface area contributed by atoms with Crippen LogP contribution in [0.3, 0.4) is 0 Å². The van der Waals surface area contributed by atoms with E-state index in [1.165, 1.54) is 23.5 Å². The summed E-state index contributed by atoms with van der Waals surface area (Å²) in [4.78, 5) is 0. The molecule has 0 saturated carbocycles. The van der Waals surface area contributed by atoms with Crippen molar-refractivity contribution in [1.29, 1.82) is 0 Å². The van der Waals surface area contributed by atoms with Gasteiger partial charge in [-0.1, -0.05) is 0 Å². The first-order valence-corrected chi connectivity index (χ1v) is 4.02. The first kappa shape index (κ1) is 9.29. The Balaban J connectivity index is 0.000000720. The van der Waals surface area contributed by atoms with Gasteiger partial charge >= 0.3 is 0 Å². The highest BCUT2D eigenvalue weighted by molar-refractivity contribution is 7.22. The van der Waals surface area contributed by atoms with Crippen LogP contribution < -0.4 is 5.73 Å². The van der Waals surface area contributed by atoms with Crippen molar-refractivity contribution in [2.45, 2.75) is 0 Å². The number of benzene rings is 1.